The van der Waals surface area contributed by atoms with Crippen LogP contribution < -0.4 is 10.6 Å². The summed E-state index contributed by atoms with van der Waals surface area (Å²) in [6.07, 6.45) is 0. The van der Waals surface area contributed by atoms with E-state index in [0.29, 0.717) is 10.6 Å². The second-order valence-electron chi connectivity index (χ2n) is 5.32. The van der Waals surface area contributed by atoms with E-state index in [2.05, 4.69) is 10.6 Å². The lowest BCUT2D eigenvalue weighted by Gasteiger charge is -2.19. The van der Waals surface area contributed by atoms with Gasteiger partial charge in [-0.15, -0.1) is 0 Å². The fourth-order valence-corrected chi connectivity index (χ4v) is 2.37. The largest absolute Gasteiger partial charge is 0.348 e. The molecule has 0 spiro atoms. The second kappa shape index (κ2) is 7.79. The molecule has 0 aliphatic heterocycles. The molecule has 2 rings (SSSR count). The van der Waals surface area contributed by atoms with Crippen LogP contribution in [0.1, 0.15) is 35.8 Å². The molecule has 0 aromatic heterocycles. The van der Waals surface area contributed by atoms with Crippen LogP contribution in [0, 0.1) is 0 Å². The van der Waals surface area contributed by atoms with Crippen LogP contribution in [-0.4, -0.2) is 17.9 Å². The van der Waals surface area contributed by atoms with Crippen molar-refractivity contribution in [2.75, 3.05) is 0 Å². The van der Waals surface area contributed by atoms with Crippen LogP contribution in [0.15, 0.2) is 54.6 Å². The molecule has 120 valence electrons. The van der Waals surface area contributed by atoms with E-state index in [1.165, 1.54) is 0 Å². The van der Waals surface area contributed by atoms with E-state index in [1.807, 2.05) is 37.3 Å². The highest BCUT2D eigenvalue weighted by atomic mass is 35.5. The van der Waals surface area contributed by atoms with Gasteiger partial charge in [-0.1, -0.05) is 54.1 Å². The highest BCUT2D eigenvalue weighted by molar-refractivity contribution is 6.33. The van der Waals surface area contributed by atoms with Crippen molar-refractivity contribution in [3.63, 3.8) is 0 Å². The number of benzene rings is 2. The van der Waals surface area contributed by atoms with Gasteiger partial charge < -0.3 is 10.6 Å². The fourth-order valence-electron chi connectivity index (χ4n) is 2.15. The van der Waals surface area contributed by atoms with Gasteiger partial charge in [-0.3, -0.25) is 9.59 Å². The minimum atomic E-state index is -0.662. The molecule has 4 nitrogen and oxygen atoms in total. The molecule has 2 N–H and O–H groups in total. The van der Waals surface area contributed by atoms with Crippen LogP contribution in [0.3, 0.4) is 0 Å². The van der Waals surface area contributed by atoms with Crippen molar-refractivity contribution in [3.8, 4) is 0 Å². The van der Waals surface area contributed by atoms with Gasteiger partial charge in [0.05, 0.1) is 16.6 Å². The normalized spacial score (nSPS) is 13.0. The summed E-state index contributed by atoms with van der Waals surface area (Å²) in [5.74, 6) is -0.618. The molecule has 0 fully saturated rings. The Morgan fingerprint density at radius 2 is 1.52 bits per heavy atom. The second-order valence-corrected chi connectivity index (χ2v) is 5.72. The van der Waals surface area contributed by atoms with Crippen LogP contribution in [0.2, 0.25) is 5.02 Å². The van der Waals surface area contributed by atoms with Gasteiger partial charge in [-0.25, -0.2) is 0 Å². The first-order valence-corrected chi connectivity index (χ1v) is 7.77. The third-order valence-electron chi connectivity index (χ3n) is 3.52. The molecule has 2 unspecified atom stereocenters. The fraction of sp³-hybridized carbons (Fsp3) is 0.222. The minimum Gasteiger partial charge on any atom is -0.348 e. The Balaban J connectivity index is 1.95. The molecule has 0 aliphatic carbocycles. The number of carbonyl (C=O) groups excluding carboxylic acids is 2. The minimum absolute atomic E-state index is 0.136. The maximum atomic E-state index is 12.2. The van der Waals surface area contributed by atoms with Gasteiger partial charge in [0, 0.05) is 0 Å². The molecule has 0 radical (unpaired) electrons. The van der Waals surface area contributed by atoms with E-state index in [1.54, 1.807) is 31.2 Å². The Kier molecular flexibility index (Phi) is 5.77. The summed E-state index contributed by atoms with van der Waals surface area (Å²) in [4.78, 5) is 24.4. The Morgan fingerprint density at radius 3 is 2.17 bits per heavy atom. The van der Waals surface area contributed by atoms with Crippen molar-refractivity contribution in [1.82, 2.24) is 10.6 Å². The van der Waals surface area contributed by atoms with Gasteiger partial charge in [-0.05, 0) is 31.5 Å². The Hall–Kier alpha value is -2.33. The average Bonchev–Trinajstić information content (AvgIpc) is 2.55. The van der Waals surface area contributed by atoms with Crippen molar-refractivity contribution >= 4 is 23.4 Å². The van der Waals surface area contributed by atoms with Crippen LogP contribution in [-0.2, 0) is 4.79 Å². The highest BCUT2D eigenvalue weighted by Gasteiger charge is 2.19. The van der Waals surface area contributed by atoms with Crippen molar-refractivity contribution in [2.45, 2.75) is 25.9 Å². The van der Waals surface area contributed by atoms with Crippen molar-refractivity contribution < 1.29 is 9.59 Å². The maximum absolute atomic E-state index is 12.2. The van der Waals surface area contributed by atoms with Crippen LogP contribution in [0.4, 0.5) is 0 Å². The lowest BCUT2D eigenvalue weighted by atomic mass is 10.1. The van der Waals surface area contributed by atoms with Gasteiger partial charge >= 0.3 is 0 Å². The summed E-state index contributed by atoms with van der Waals surface area (Å²) in [5, 5.41) is 5.90. The Bertz CT molecular complexity index is 688. The molecule has 2 aromatic carbocycles. The van der Waals surface area contributed by atoms with Crippen molar-refractivity contribution in [2.24, 2.45) is 0 Å². The summed E-state index contributed by atoms with van der Waals surface area (Å²) >= 11 is 5.99. The Morgan fingerprint density at radius 1 is 0.913 bits per heavy atom. The molecular weight excluding hydrogens is 312 g/mol. The molecule has 23 heavy (non-hydrogen) atoms. The first-order valence-electron chi connectivity index (χ1n) is 7.39. The van der Waals surface area contributed by atoms with E-state index in [0.717, 1.165) is 5.56 Å². The number of hydrogen-bond donors (Lipinski definition) is 2. The molecular formula is C18H19ClN2O2. The van der Waals surface area contributed by atoms with Gasteiger partial charge in [0.2, 0.25) is 5.91 Å². The van der Waals surface area contributed by atoms with Gasteiger partial charge in [0.15, 0.2) is 0 Å². The third-order valence-corrected chi connectivity index (χ3v) is 3.85. The van der Waals surface area contributed by atoms with E-state index < -0.39 is 6.04 Å². The zero-order valence-electron chi connectivity index (χ0n) is 13.0. The molecule has 2 amide bonds. The standard InChI is InChI=1S/C18H19ClN2O2/c1-12(14-8-4-3-5-9-14)20-17(22)13(2)21-18(23)15-10-6-7-11-16(15)19/h3-13H,1-2H3,(H,20,22)(H,21,23). The molecule has 0 bridgehead atoms. The third kappa shape index (κ3) is 4.57. The molecule has 0 aliphatic rings. The SMILES string of the molecule is CC(NC(=O)c1ccccc1Cl)C(=O)NC(C)c1ccccc1. The predicted octanol–water partition coefficient (Wildman–Crippen LogP) is 3.34. The molecule has 0 saturated carbocycles. The quantitative estimate of drug-likeness (QED) is 0.883. The number of rotatable bonds is 5. The molecule has 2 atom stereocenters. The van der Waals surface area contributed by atoms with E-state index in [9.17, 15) is 9.59 Å². The maximum Gasteiger partial charge on any atom is 0.253 e. The van der Waals surface area contributed by atoms with Crippen LogP contribution in [0.5, 0.6) is 0 Å². The highest BCUT2D eigenvalue weighted by Crippen LogP contribution is 2.15. The summed E-state index contributed by atoms with van der Waals surface area (Å²) in [5.41, 5.74) is 1.36. The van der Waals surface area contributed by atoms with E-state index >= 15 is 0 Å². The summed E-state index contributed by atoms with van der Waals surface area (Å²) in [6, 6.07) is 15.6. The number of hydrogen-bond acceptors (Lipinski definition) is 2. The summed E-state index contributed by atoms with van der Waals surface area (Å²) in [6.45, 7) is 3.54. The first kappa shape index (κ1) is 17.0. The monoisotopic (exact) mass is 330 g/mol. The zero-order chi connectivity index (χ0) is 16.8. The lowest BCUT2D eigenvalue weighted by Crippen LogP contribution is -2.45. The van der Waals surface area contributed by atoms with Gasteiger partial charge in [0.25, 0.3) is 5.91 Å². The van der Waals surface area contributed by atoms with E-state index in [-0.39, 0.29) is 17.9 Å². The molecule has 2 aromatic rings. The molecule has 5 heteroatoms. The number of nitrogens with one attached hydrogen (secondary N) is 2. The predicted molar refractivity (Wildman–Crippen MR) is 91.4 cm³/mol. The first-order chi connectivity index (χ1) is 11.0. The number of halogens is 1. The molecule has 0 heterocycles. The Labute approximate surface area is 140 Å². The summed E-state index contributed by atoms with van der Waals surface area (Å²) in [7, 11) is 0. The number of carbonyl (C=O) groups is 2. The lowest BCUT2D eigenvalue weighted by molar-refractivity contribution is -0.123. The van der Waals surface area contributed by atoms with Crippen molar-refractivity contribution in [1.29, 1.82) is 0 Å². The average molecular weight is 331 g/mol. The topological polar surface area (TPSA) is 58.2 Å². The smallest absolute Gasteiger partial charge is 0.253 e. The van der Waals surface area contributed by atoms with Crippen LogP contribution >= 0.6 is 11.6 Å². The van der Waals surface area contributed by atoms with E-state index in [4.69, 9.17) is 11.6 Å². The zero-order valence-corrected chi connectivity index (χ0v) is 13.8. The van der Waals surface area contributed by atoms with Gasteiger partial charge in [-0.2, -0.15) is 0 Å². The summed E-state index contributed by atoms with van der Waals surface area (Å²) < 4.78 is 0. The van der Waals surface area contributed by atoms with Crippen LogP contribution in [0.25, 0.3) is 0 Å². The van der Waals surface area contributed by atoms with Gasteiger partial charge in [0.1, 0.15) is 6.04 Å². The number of amides is 2. The molecule has 0 saturated heterocycles. The van der Waals surface area contributed by atoms with Crippen molar-refractivity contribution in [3.05, 3.63) is 70.7 Å².